The van der Waals surface area contributed by atoms with Gasteiger partial charge in [0.1, 0.15) is 6.10 Å². The first kappa shape index (κ1) is 21.9. The molecular weight excluding hydrogens is 388 g/mol. The summed E-state index contributed by atoms with van der Waals surface area (Å²) in [5, 5.41) is 11.9. The van der Waals surface area contributed by atoms with Gasteiger partial charge in [-0.3, -0.25) is 24.5 Å². The Labute approximate surface area is 166 Å². The summed E-state index contributed by atoms with van der Waals surface area (Å²) in [6.45, 7) is 5.08. The Hall–Kier alpha value is -3.37. The molecule has 1 unspecified atom stereocenters. The van der Waals surface area contributed by atoms with Crippen molar-refractivity contribution < 1.29 is 38.4 Å². The lowest BCUT2D eigenvalue weighted by molar-refractivity contribution is -0.386. The number of carbonyl (C=O) groups excluding carboxylic acids is 3. The van der Waals surface area contributed by atoms with Crippen LogP contribution < -0.4 is 9.47 Å². The molecule has 0 spiro atoms. The number of imide groups is 1. The van der Waals surface area contributed by atoms with E-state index in [9.17, 15) is 24.5 Å². The van der Waals surface area contributed by atoms with E-state index >= 15 is 0 Å². The van der Waals surface area contributed by atoms with Gasteiger partial charge >= 0.3 is 6.16 Å². The van der Waals surface area contributed by atoms with E-state index in [-0.39, 0.29) is 35.6 Å². The highest BCUT2D eigenvalue weighted by atomic mass is 16.8. The van der Waals surface area contributed by atoms with Crippen LogP contribution in [0.25, 0.3) is 0 Å². The third-order valence-electron chi connectivity index (χ3n) is 4.18. The molecule has 1 aromatic rings. The SMILES string of the molecule is COc1cc(C(OC(=O)ON2C(=O)CCC2=O)C(C)(C)C)c([N+](=O)[O-])cc1OC. The topological polar surface area (TPSA) is 135 Å². The molecule has 1 atom stereocenters. The number of benzene rings is 1. The number of nitrogens with zero attached hydrogens (tertiary/aromatic N) is 2. The minimum Gasteiger partial charge on any atom is -0.493 e. The average molecular weight is 410 g/mol. The summed E-state index contributed by atoms with van der Waals surface area (Å²) in [6.07, 6.45) is -2.65. The second-order valence-electron chi connectivity index (χ2n) is 7.31. The first-order chi connectivity index (χ1) is 13.5. The molecule has 0 radical (unpaired) electrons. The molecule has 29 heavy (non-hydrogen) atoms. The molecule has 1 saturated heterocycles. The van der Waals surface area contributed by atoms with Crippen molar-refractivity contribution in [3.63, 3.8) is 0 Å². The number of hydrogen-bond donors (Lipinski definition) is 0. The molecule has 0 aromatic heterocycles. The van der Waals surface area contributed by atoms with Crippen molar-refractivity contribution in [3.05, 3.63) is 27.8 Å². The van der Waals surface area contributed by atoms with Crippen molar-refractivity contribution in [1.82, 2.24) is 5.06 Å². The average Bonchev–Trinajstić information content (AvgIpc) is 2.96. The first-order valence-electron chi connectivity index (χ1n) is 8.64. The highest BCUT2D eigenvalue weighted by Gasteiger charge is 2.39. The van der Waals surface area contributed by atoms with E-state index < -0.39 is 34.4 Å². The standard InChI is InChI=1S/C18H22N2O9/c1-18(2,3)16(28-17(23)29-19-14(21)6-7-15(19)22)10-8-12(26-4)13(27-5)9-11(10)20(24)25/h8-9,16H,6-7H2,1-5H3. The number of methoxy groups -OCH3 is 2. The Morgan fingerprint density at radius 2 is 1.62 bits per heavy atom. The molecule has 1 aromatic carbocycles. The van der Waals surface area contributed by atoms with Crippen LogP contribution in [0.3, 0.4) is 0 Å². The molecule has 0 bridgehead atoms. The number of amides is 2. The van der Waals surface area contributed by atoms with Gasteiger partial charge in [0, 0.05) is 18.3 Å². The zero-order valence-corrected chi connectivity index (χ0v) is 16.7. The summed E-state index contributed by atoms with van der Waals surface area (Å²) in [6, 6.07) is 2.50. The molecule has 11 heteroatoms. The molecule has 0 aliphatic carbocycles. The Morgan fingerprint density at radius 1 is 1.10 bits per heavy atom. The molecular formula is C18H22N2O9. The number of nitro groups is 1. The van der Waals surface area contributed by atoms with Crippen molar-refractivity contribution in [2.24, 2.45) is 5.41 Å². The minimum absolute atomic E-state index is 0.0381. The summed E-state index contributed by atoms with van der Waals surface area (Å²) >= 11 is 0. The number of nitro benzene ring substituents is 1. The zero-order chi connectivity index (χ0) is 21.9. The van der Waals surface area contributed by atoms with Crippen LogP contribution in [-0.4, -0.2) is 42.2 Å². The second-order valence-corrected chi connectivity index (χ2v) is 7.31. The first-order valence-corrected chi connectivity index (χ1v) is 8.64. The Morgan fingerprint density at radius 3 is 2.07 bits per heavy atom. The molecule has 158 valence electrons. The predicted molar refractivity (Wildman–Crippen MR) is 97.0 cm³/mol. The van der Waals surface area contributed by atoms with E-state index in [1.807, 2.05) is 0 Å². The molecule has 2 amide bonds. The van der Waals surface area contributed by atoms with Crippen LogP contribution in [0.5, 0.6) is 11.5 Å². The fourth-order valence-electron chi connectivity index (χ4n) is 2.81. The molecule has 0 saturated carbocycles. The number of carbonyl (C=O) groups is 3. The van der Waals surface area contributed by atoms with Crippen LogP contribution in [0.15, 0.2) is 12.1 Å². The highest BCUT2D eigenvalue weighted by Crippen LogP contribution is 2.44. The van der Waals surface area contributed by atoms with Crippen LogP contribution in [0.2, 0.25) is 0 Å². The van der Waals surface area contributed by atoms with E-state index in [0.717, 1.165) is 6.07 Å². The summed E-state index contributed by atoms with van der Waals surface area (Å²) in [5.41, 5.74) is -1.14. The van der Waals surface area contributed by atoms with Crippen LogP contribution in [-0.2, 0) is 19.2 Å². The van der Waals surface area contributed by atoms with Gasteiger partial charge < -0.3 is 14.2 Å². The van der Waals surface area contributed by atoms with Crippen molar-refractivity contribution in [2.45, 2.75) is 39.7 Å². The summed E-state index contributed by atoms with van der Waals surface area (Å²) in [7, 11) is 2.69. The number of ether oxygens (including phenoxy) is 3. The van der Waals surface area contributed by atoms with Crippen molar-refractivity contribution >= 4 is 23.7 Å². The monoisotopic (exact) mass is 410 g/mol. The Balaban J connectivity index is 2.42. The summed E-state index contributed by atoms with van der Waals surface area (Å²) in [4.78, 5) is 51.2. The Kier molecular flexibility index (Phi) is 6.30. The molecule has 0 N–H and O–H groups in total. The molecule has 1 aliphatic heterocycles. The van der Waals surface area contributed by atoms with Gasteiger partial charge in [-0.1, -0.05) is 25.8 Å². The minimum atomic E-state index is -1.34. The molecule has 2 rings (SSSR count). The second kappa shape index (κ2) is 8.33. The van der Waals surface area contributed by atoms with E-state index in [2.05, 4.69) is 0 Å². The maximum atomic E-state index is 12.3. The van der Waals surface area contributed by atoms with Crippen LogP contribution >= 0.6 is 0 Å². The van der Waals surface area contributed by atoms with Gasteiger partial charge in [0.15, 0.2) is 11.5 Å². The van der Waals surface area contributed by atoms with Crippen molar-refractivity contribution in [2.75, 3.05) is 14.2 Å². The summed E-state index contributed by atoms with van der Waals surface area (Å²) in [5.74, 6) is -1.01. The number of hydroxylamine groups is 2. The van der Waals surface area contributed by atoms with Gasteiger partial charge in [-0.05, 0) is 6.07 Å². The van der Waals surface area contributed by atoms with E-state index in [1.165, 1.54) is 20.3 Å². The van der Waals surface area contributed by atoms with Crippen molar-refractivity contribution in [3.8, 4) is 11.5 Å². The fraction of sp³-hybridized carbons (Fsp3) is 0.500. The lowest BCUT2D eigenvalue weighted by Gasteiger charge is -2.30. The fourth-order valence-corrected chi connectivity index (χ4v) is 2.81. The maximum absolute atomic E-state index is 12.3. The van der Waals surface area contributed by atoms with Gasteiger partial charge in [-0.15, -0.1) is 0 Å². The molecule has 11 nitrogen and oxygen atoms in total. The maximum Gasteiger partial charge on any atom is 0.534 e. The lowest BCUT2D eigenvalue weighted by Crippen LogP contribution is -2.34. The Bertz CT molecular complexity index is 828. The van der Waals surface area contributed by atoms with Crippen LogP contribution in [0.4, 0.5) is 10.5 Å². The third kappa shape index (κ3) is 4.73. The van der Waals surface area contributed by atoms with Gasteiger partial charge in [-0.25, -0.2) is 4.79 Å². The van der Waals surface area contributed by atoms with Gasteiger partial charge in [0.2, 0.25) is 0 Å². The van der Waals surface area contributed by atoms with Crippen LogP contribution in [0, 0.1) is 15.5 Å². The molecule has 1 fully saturated rings. The molecule has 1 heterocycles. The highest BCUT2D eigenvalue weighted by molar-refractivity contribution is 6.01. The van der Waals surface area contributed by atoms with E-state index in [1.54, 1.807) is 20.8 Å². The quantitative estimate of drug-likeness (QED) is 0.300. The molecule has 1 aliphatic rings. The largest absolute Gasteiger partial charge is 0.534 e. The van der Waals surface area contributed by atoms with Crippen LogP contribution in [0.1, 0.15) is 45.3 Å². The zero-order valence-electron chi connectivity index (χ0n) is 16.7. The smallest absolute Gasteiger partial charge is 0.493 e. The van der Waals surface area contributed by atoms with E-state index in [4.69, 9.17) is 19.0 Å². The number of rotatable bonds is 6. The lowest BCUT2D eigenvalue weighted by atomic mass is 9.83. The van der Waals surface area contributed by atoms with Gasteiger partial charge in [0.05, 0.1) is 30.8 Å². The van der Waals surface area contributed by atoms with Gasteiger partial charge in [0.25, 0.3) is 17.5 Å². The normalized spacial score (nSPS) is 15.1. The third-order valence-corrected chi connectivity index (χ3v) is 4.18. The van der Waals surface area contributed by atoms with E-state index in [0.29, 0.717) is 5.06 Å². The van der Waals surface area contributed by atoms with Gasteiger partial charge in [-0.2, -0.15) is 0 Å². The summed E-state index contributed by atoms with van der Waals surface area (Å²) < 4.78 is 15.6. The number of hydrogen-bond acceptors (Lipinski definition) is 9. The van der Waals surface area contributed by atoms with Crippen molar-refractivity contribution in [1.29, 1.82) is 0 Å². The predicted octanol–water partition coefficient (Wildman–Crippen LogP) is 2.92.